The Balaban J connectivity index is 2.86. The Kier molecular flexibility index (Phi) is 3.54. The molecule has 0 atom stereocenters. The predicted octanol–water partition coefficient (Wildman–Crippen LogP) is 3.41. The maximum absolute atomic E-state index is 6.07. The summed E-state index contributed by atoms with van der Waals surface area (Å²) in [7, 11) is 0.196. The Labute approximate surface area is 106 Å². The van der Waals surface area contributed by atoms with Crippen LogP contribution < -0.4 is 4.43 Å². The molecule has 0 bridgehead atoms. The highest BCUT2D eigenvalue weighted by atomic mass is 127. The van der Waals surface area contributed by atoms with E-state index in [0.717, 1.165) is 9.58 Å². The molecule has 1 heterocycles. The van der Waals surface area contributed by atoms with Gasteiger partial charge in [-0.2, -0.15) is 0 Å². The fourth-order valence-corrected chi connectivity index (χ4v) is 2.19. The van der Waals surface area contributed by atoms with Gasteiger partial charge in [0.2, 0.25) is 5.88 Å². The van der Waals surface area contributed by atoms with Gasteiger partial charge in [-0.3, -0.25) is 4.68 Å². The molecule has 0 aliphatic carbocycles. The van der Waals surface area contributed by atoms with E-state index in [9.17, 15) is 0 Å². The molecule has 0 aliphatic heterocycles. The van der Waals surface area contributed by atoms with E-state index in [4.69, 9.17) is 4.43 Å². The molecule has 86 valence electrons. The second kappa shape index (κ2) is 4.08. The van der Waals surface area contributed by atoms with Gasteiger partial charge in [-0.25, -0.2) is 0 Å². The average molecular weight is 338 g/mol. The van der Waals surface area contributed by atoms with Crippen LogP contribution >= 0.6 is 22.6 Å². The summed E-state index contributed by atoms with van der Waals surface area (Å²) in [5.74, 6) is 0.758. The van der Waals surface area contributed by atoms with Crippen LogP contribution in [-0.2, 0) is 7.05 Å². The molecule has 0 fully saturated rings. The van der Waals surface area contributed by atoms with Crippen molar-refractivity contribution in [2.75, 3.05) is 0 Å². The van der Waals surface area contributed by atoms with Gasteiger partial charge < -0.3 is 4.43 Å². The van der Waals surface area contributed by atoms with Crippen LogP contribution in [0.3, 0.4) is 0 Å². The van der Waals surface area contributed by atoms with E-state index in [1.54, 1.807) is 0 Å². The fourth-order valence-electron chi connectivity index (χ4n) is 0.884. The number of nitrogens with zero attached hydrogens (tertiary/aromatic N) is 2. The van der Waals surface area contributed by atoms with Gasteiger partial charge in [0.05, 0.1) is 0 Å². The molecule has 1 aromatic heterocycles. The van der Waals surface area contributed by atoms with Crippen molar-refractivity contribution in [2.24, 2.45) is 7.05 Å². The van der Waals surface area contributed by atoms with Crippen molar-refractivity contribution >= 4 is 30.9 Å². The van der Waals surface area contributed by atoms with Crippen molar-refractivity contribution in [3.05, 3.63) is 9.77 Å². The van der Waals surface area contributed by atoms with Crippen molar-refractivity contribution in [1.82, 2.24) is 9.78 Å². The van der Waals surface area contributed by atoms with Crippen LogP contribution in [0.1, 0.15) is 20.8 Å². The minimum Gasteiger partial charge on any atom is -0.530 e. The Hall–Kier alpha value is -0.0431. The smallest absolute Gasteiger partial charge is 0.252 e. The topological polar surface area (TPSA) is 27.1 Å². The van der Waals surface area contributed by atoms with E-state index in [1.165, 1.54) is 0 Å². The Bertz CT molecular complexity index is 335. The lowest BCUT2D eigenvalue weighted by Crippen LogP contribution is -2.44. The lowest BCUT2D eigenvalue weighted by atomic mass is 10.2. The van der Waals surface area contributed by atoms with Gasteiger partial charge in [0.1, 0.15) is 3.70 Å². The number of rotatable bonds is 2. The van der Waals surface area contributed by atoms with Crippen LogP contribution in [0, 0.1) is 3.70 Å². The van der Waals surface area contributed by atoms with Crippen LogP contribution in [0.2, 0.25) is 18.1 Å². The summed E-state index contributed by atoms with van der Waals surface area (Å²) in [5.41, 5.74) is 0. The van der Waals surface area contributed by atoms with E-state index in [-0.39, 0.29) is 5.04 Å². The molecule has 0 radical (unpaired) electrons. The van der Waals surface area contributed by atoms with Crippen molar-refractivity contribution < 1.29 is 4.43 Å². The quantitative estimate of drug-likeness (QED) is 0.610. The zero-order chi connectivity index (χ0) is 11.9. The molecular weight excluding hydrogens is 319 g/mol. The molecule has 0 saturated carbocycles. The predicted molar refractivity (Wildman–Crippen MR) is 73.8 cm³/mol. The molecule has 5 heteroatoms. The Morgan fingerprint density at radius 1 is 1.40 bits per heavy atom. The number of hydrogen-bond donors (Lipinski definition) is 0. The van der Waals surface area contributed by atoms with E-state index >= 15 is 0 Å². The molecule has 1 rings (SSSR count). The van der Waals surface area contributed by atoms with Crippen molar-refractivity contribution in [3.63, 3.8) is 0 Å². The van der Waals surface area contributed by atoms with Crippen LogP contribution in [0.25, 0.3) is 0 Å². The molecule has 3 nitrogen and oxygen atoms in total. The Morgan fingerprint density at radius 3 is 2.27 bits per heavy atom. The first-order chi connectivity index (χ1) is 6.63. The first-order valence-corrected chi connectivity index (χ1v) is 9.01. The maximum atomic E-state index is 6.07. The highest BCUT2D eigenvalue weighted by molar-refractivity contribution is 14.1. The van der Waals surface area contributed by atoms with E-state index in [2.05, 4.69) is 61.6 Å². The van der Waals surface area contributed by atoms with Crippen LogP contribution in [-0.4, -0.2) is 18.1 Å². The van der Waals surface area contributed by atoms with E-state index < -0.39 is 8.32 Å². The normalized spacial score (nSPS) is 13.0. The summed E-state index contributed by atoms with van der Waals surface area (Å²) < 4.78 is 9.00. The van der Waals surface area contributed by atoms with Crippen LogP contribution in [0.15, 0.2) is 6.07 Å². The fraction of sp³-hybridized carbons (Fsp3) is 0.700. The molecule has 0 unspecified atom stereocenters. The van der Waals surface area contributed by atoms with Gasteiger partial charge in [0, 0.05) is 13.1 Å². The number of hydrogen-bond acceptors (Lipinski definition) is 2. The standard InChI is InChI=1S/C10H19IN2OSi/c1-10(2,3)15(5,6)14-9-7-8(11)13(4)12-9/h7H,1-6H3. The van der Waals surface area contributed by atoms with Gasteiger partial charge in [-0.1, -0.05) is 20.8 Å². The third-order valence-electron chi connectivity index (χ3n) is 2.97. The maximum Gasteiger partial charge on any atom is 0.252 e. The van der Waals surface area contributed by atoms with E-state index in [1.807, 2.05) is 17.8 Å². The van der Waals surface area contributed by atoms with Gasteiger partial charge in [-0.05, 0) is 40.7 Å². The van der Waals surface area contributed by atoms with Crippen molar-refractivity contribution in [3.8, 4) is 5.88 Å². The molecule has 0 aromatic carbocycles. The first-order valence-electron chi connectivity index (χ1n) is 5.02. The second-order valence-corrected chi connectivity index (χ2v) is 11.1. The van der Waals surface area contributed by atoms with Crippen LogP contribution in [0.5, 0.6) is 5.88 Å². The third kappa shape index (κ3) is 2.96. The summed E-state index contributed by atoms with van der Waals surface area (Å²) in [6, 6.07) is 1.99. The molecule has 1 aromatic rings. The highest BCUT2D eigenvalue weighted by Crippen LogP contribution is 2.37. The first kappa shape index (κ1) is 13.0. The highest BCUT2D eigenvalue weighted by Gasteiger charge is 2.39. The molecule has 0 spiro atoms. The summed E-state index contributed by atoms with van der Waals surface area (Å²) in [5, 5.41) is 4.55. The SMILES string of the molecule is Cn1nc(O[Si](C)(C)C(C)(C)C)cc1I. The number of halogens is 1. The number of aryl methyl sites for hydroxylation is 1. The monoisotopic (exact) mass is 338 g/mol. The summed E-state index contributed by atoms with van der Waals surface area (Å²) >= 11 is 2.25. The number of aromatic nitrogens is 2. The zero-order valence-electron chi connectivity index (χ0n) is 10.3. The minimum absolute atomic E-state index is 0.218. The summed E-state index contributed by atoms with van der Waals surface area (Å²) in [6.07, 6.45) is 0. The van der Waals surface area contributed by atoms with E-state index in [0.29, 0.717) is 0 Å². The summed E-state index contributed by atoms with van der Waals surface area (Å²) in [6.45, 7) is 11.1. The minimum atomic E-state index is -1.73. The molecule has 0 N–H and O–H groups in total. The Morgan fingerprint density at radius 2 is 1.93 bits per heavy atom. The van der Waals surface area contributed by atoms with Crippen molar-refractivity contribution in [2.45, 2.75) is 38.9 Å². The molecule has 0 saturated heterocycles. The van der Waals surface area contributed by atoms with Gasteiger partial charge in [0.25, 0.3) is 8.32 Å². The second-order valence-electron chi connectivity index (χ2n) is 5.29. The average Bonchev–Trinajstić information content (AvgIpc) is 2.27. The van der Waals surface area contributed by atoms with Gasteiger partial charge >= 0.3 is 0 Å². The lowest BCUT2D eigenvalue weighted by Gasteiger charge is -2.35. The lowest BCUT2D eigenvalue weighted by molar-refractivity contribution is 0.468. The largest absolute Gasteiger partial charge is 0.530 e. The molecule has 0 amide bonds. The third-order valence-corrected chi connectivity index (χ3v) is 8.31. The van der Waals surface area contributed by atoms with Gasteiger partial charge in [-0.15, -0.1) is 5.10 Å². The molecule has 15 heavy (non-hydrogen) atoms. The molecule has 0 aliphatic rings. The summed E-state index contributed by atoms with van der Waals surface area (Å²) in [4.78, 5) is 0. The van der Waals surface area contributed by atoms with Gasteiger partial charge in [0.15, 0.2) is 0 Å². The zero-order valence-corrected chi connectivity index (χ0v) is 13.4. The van der Waals surface area contributed by atoms with Crippen LogP contribution in [0.4, 0.5) is 0 Å². The van der Waals surface area contributed by atoms with Crippen molar-refractivity contribution in [1.29, 1.82) is 0 Å². The molecular formula is C10H19IN2OSi.